The molecule has 1 heterocycles. The van der Waals surface area contributed by atoms with Crippen molar-refractivity contribution >= 4 is 17.7 Å². The average Bonchev–Trinajstić information content (AvgIpc) is 2.76. The van der Waals surface area contributed by atoms with Gasteiger partial charge in [-0.15, -0.1) is 0 Å². The quantitative estimate of drug-likeness (QED) is 0.778. The van der Waals surface area contributed by atoms with Crippen molar-refractivity contribution in [2.75, 3.05) is 6.54 Å². The van der Waals surface area contributed by atoms with Crippen molar-refractivity contribution in [3.8, 4) is 0 Å². The van der Waals surface area contributed by atoms with Crippen molar-refractivity contribution in [1.82, 2.24) is 10.2 Å². The predicted molar refractivity (Wildman–Crippen MR) is 70.1 cm³/mol. The second-order valence-electron chi connectivity index (χ2n) is 5.58. The van der Waals surface area contributed by atoms with Crippen LogP contribution in [0.15, 0.2) is 0 Å². The molecule has 106 valence electrons. The van der Waals surface area contributed by atoms with E-state index in [1.165, 1.54) is 19.3 Å². The van der Waals surface area contributed by atoms with Gasteiger partial charge in [-0.05, 0) is 25.7 Å². The summed E-state index contributed by atoms with van der Waals surface area (Å²) in [7, 11) is 0. The number of rotatable bonds is 4. The third kappa shape index (κ3) is 3.33. The first-order valence-electron chi connectivity index (χ1n) is 7.22. The molecule has 0 bridgehead atoms. The summed E-state index contributed by atoms with van der Waals surface area (Å²) in [5.41, 5.74) is 0. The first kappa shape index (κ1) is 14.0. The van der Waals surface area contributed by atoms with Crippen LogP contribution >= 0.6 is 0 Å². The highest BCUT2D eigenvalue weighted by Crippen LogP contribution is 2.23. The van der Waals surface area contributed by atoms with E-state index in [-0.39, 0.29) is 30.6 Å². The highest BCUT2D eigenvalue weighted by molar-refractivity contribution is 6.05. The number of nitrogens with one attached hydrogen (secondary N) is 1. The summed E-state index contributed by atoms with van der Waals surface area (Å²) in [5, 5.41) is 2.89. The molecule has 0 aromatic rings. The topological polar surface area (TPSA) is 66.5 Å². The lowest BCUT2D eigenvalue weighted by molar-refractivity contribution is -0.146. The molecule has 1 aliphatic heterocycles. The molecular formula is C14H22N2O3. The molecule has 0 radical (unpaired) electrons. The van der Waals surface area contributed by atoms with Crippen LogP contribution in [0.5, 0.6) is 0 Å². The number of nitrogens with zero attached hydrogens (tertiary/aromatic N) is 1. The number of carbonyl (C=O) groups excluding carboxylic acids is 3. The van der Waals surface area contributed by atoms with Crippen molar-refractivity contribution in [3.63, 3.8) is 0 Å². The molecule has 2 fully saturated rings. The summed E-state index contributed by atoms with van der Waals surface area (Å²) < 4.78 is 0. The second kappa shape index (κ2) is 6.17. The Bertz CT molecular complexity index is 359. The highest BCUT2D eigenvalue weighted by atomic mass is 16.2. The number of hydrogen-bond donors (Lipinski definition) is 1. The first-order valence-corrected chi connectivity index (χ1v) is 7.22. The maximum absolute atomic E-state index is 12.0. The zero-order valence-corrected chi connectivity index (χ0v) is 11.5. The van der Waals surface area contributed by atoms with E-state index >= 15 is 0 Å². The lowest BCUT2D eigenvalue weighted by atomic mass is 9.89. The minimum atomic E-state index is -0.675. The summed E-state index contributed by atoms with van der Waals surface area (Å²) >= 11 is 0. The van der Waals surface area contributed by atoms with Gasteiger partial charge in [-0.25, -0.2) is 0 Å². The third-order valence-corrected chi connectivity index (χ3v) is 4.15. The lowest BCUT2D eigenvalue weighted by Gasteiger charge is -2.25. The summed E-state index contributed by atoms with van der Waals surface area (Å²) in [4.78, 5) is 36.2. The molecular weight excluding hydrogens is 244 g/mol. The van der Waals surface area contributed by atoms with Gasteiger partial charge < -0.3 is 5.32 Å². The van der Waals surface area contributed by atoms with Gasteiger partial charge in [-0.3, -0.25) is 19.3 Å². The molecule has 1 aliphatic carbocycles. The van der Waals surface area contributed by atoms with Gasteiger partial charge in [0.1, 0.15) is 6.04 Å². The number of carbonyl (C=O) groups is 3. The largest absolute Gasteiger partial charge is 0.354 e. The van der Waals surface area contributed by atoms with Crippen LogP contribution in [0.1, 0.15) is 51.9 Å². The zero-order chi connectivity index (χ0) is 13.8. The Balaban J connectivity index is 1.81. The van der Waals surface area contributed by atoms with E-state index in [0.29, 0.717) is 12.5 Å². The van der Waals surface area contributed by atoms with Crippen LogP contribution in [0.2, 0.25) is 0 Å². The minimum absolute atomic E-state index is 0.214. The van der Waals surface area contributed by atoms with Gasteiger partial charge in [0, 0.05) is 19.4 Å². The number of likely N-dealkylation sites (tertiary alicyclic amines) is 1. The molecule has 19 heavy (non-hydrogen) atoms. The van der Waals surface area contributed by atoms with E-state index in [1.807, 2.05) is 0 Å². The van der Waals surface area contributed by atoms with Crippen molar-refractivity contribution in [3.05, 3.63) is 0 Å². The van der Waals surface area contributed by atoms with Gasteiger partial charge in [-0.1, -0.05) is 19.3 Å². The Morgan fingerprint density at radius 3 is 2.37 bits per heavy atom. The van der Waals surface area contributed by atoms with E-state index in [1.54, 1.807) is 6.92 Å². The SMILES string of the molecule is CC(C(=O)NCC1CCCCC1)N1C(=O)CCC1=O. The van der Waals surface area contributed by atoms with Crippen LogP contribution in [0.25, 0.3) is 0 Å². The molecule has 0 aromatic heterocycles. The van der Waals surface area contributed by atoms with E-state index in [9.17, 15) is 14.4 Å². The summed E-state index contributed by atoms with van der Waals surface area (Å²) in [6.07, 6.45) is 6.56. The fourth-order valence-corrected chi connectivity index (χ4v) is 2.93. The summed E-state index contributed by atoms with van der Waals surface area (Å²) in [6.45, 7) is 2.29. The highest BCUT2D eigenvalue weighted by Gasteiger charge is 2.36. The van der Waals surface area contributed by atoms with E-state index in [4.69, 9.17) is 0 Å². The monoisotopic (exact) mass is 266 g/mol. The lowest BCUT2D eigenvalue weighted by Crippen LogP contribution is -2.48. The summed E-state index contributed by atoms with van der Waals surface area (Å²) in [5.74, 6) is -0.125. The van der Waals surface area contributed by atoms with Crippen LogP contribution in [-0.2, 0) is 14.4 Å². The van der Waals surface area contributed by atoms with Crippen LogP contribution in [0, 0.1) is 5.92 Å². The number of amides is 3. The number of hydrogen-bond acceptors (Lipinski definition) is 3. The molecule has 2 rings (SSSR count). The third-order valence-electron chi connectivity index (χ3n) is 4.15. The van der Waals surface area contributed by atoms with Crippen LogP contribution in [0.3, 0.4) is 0 Å². The second-order valence-corrected chi connectivity index (χ2v) is 5.58. The molecule has 1 saturated carbocycles. The Hall–Kier alpha value is -1.39. The molecule has 0 spiro atoms. The van der Waals surface area contributed by atoms with Crippen molar-refractivity contribution < 1.29 is 14.4 Å². The van der Waals surface area contributed by atoms with Crippen LogP contribution < -0.4 is 5.32 Å². The van der Waals surface area contributed by atoms with Gasteiger partial charge in [0.2, 0.25) is 17.7 Å². The zero-order valence-electron chi connectivity index (χ0n) is 11.5. The predicted octanol–water partition coefficient (Wildman–Crippen LogP) is 1.22. The molecule has 1 atom stereocenters. The fraction of sp³-hybridized carbons (Fsp3) is 0.786. The average molecular weight is 266 g/mol. The van der Waals surface area contributed by atoms with E-state index in [2.05, 4.69) is 5.32 Å². The molecule has 1 saturated heterocycles. The van der Waals surface area contributed by atoms with Gasteiger partial charge in [0.25, 0.3) is 0 Å². The molecule has 5 nitrogen and oxygen atoms in total. The van der Waals surface area contributed by atoms with Gasteiger partial charge in [0.15, 0.2) is 0 Å². The van der Waals surface area contributed by atoms with Gasteiger partial charge >= 0.3 is 0 Å². The Kier molecular flexibility index (Phi) is 4.56. The molecule has 5 heteroatoms. The van der Waals surface area contributed by atoms with Crippen molar-refractivity contribution in [1.29, 1.82) is 0 Å². The molecule has 2 aliphatic rings. The first-order chi connectivity index (χ1) is 9.09. The minimum Gasteiger partial charge on any atom is -0.354 e. The molecule has 3 amide bonds. The van der Waals surface area contributed by atoms with Crippen LogP contribution in [-0.4, -0.2) is 35.2 Å². The molecule has 0 aromatic carbocycles. The Morgan fingerprint density at radius 2 is 1.79 bits per heavy atom. The van der Waals surface area contributed by atoms with Gasteiger partial charge in [-0.2, -0.15) is 0 Å². The van der Waals surface area contributed by atoms with Crippen molar-refractivity contribution in [2.45, 2.75) is 57.9 Å². The fourth-order valence-electron chi connectivity index (χ4n) is 2.93. The maximum atomic E-state index is 12.0. The normalized spacial score (nSPS) is 22.7. The van der Waals surface area contributed by atoms with Crippen LogP contribution in [0.4, 0.5) is 0 Å². The number of imide groups is 1. The maximum Gasteiger partial charge on any atom is 0.243 e. The Labute approximate surface area is 113 Å². The smallest absolute Gasteiger partial charge is 0.243 e. The van der Waals surface area contributed by atoms with E-state index < -0.39 is 6.04 Å². The van der Waals surface area contributed by atoms with E-state index in [0.717, 1.165) is 17.7 Å². The molecule has 1 unspecified atom stereocenters. The van der Waals surface area contributed by atoms with Gasteiger partial charge in [0.05, 0.1) is 0 Å². The van der Waals surface area contributed by atoms with Crippen molar-refractivity contribution in [2.24, 2.45) is 5.92 Å². The Morgan fingerprint density at radius 1 is 1.21 bits per heavy atom. The molecule has 1 N–H and O–H groups in total. The standard InChI is InChI=1S/C14H22N2O3/c1-10(16-12(17)7-8-13(16)18)14(19)15-9-11-5-3-2-4-6-11/h10-11H,2-9H2,1H3,(H,15,19). The summed E-state index contributed by atoms with van der Waals surface area (Å²) in [6, 6.07) is -0.675.